The Balaban J connectivity index is 1.74. The molecule has 2 aromatic rings. The summed E-state index contributed by atoms with van der Waals surface area (Å²) < 4.78 is 6.18. The van der Waals surface area contributed by atoms with Crippen molar-refractivity contribution in [3.8, 4) is 0 Å². The second-order valence-corrected chi connectivity index (χ2v) is 6.26. The monoisotopic (exact) mass is 294 g/mol. The molecular formula is C18H11ClO2. The fraction of sp³-hybridized carbons (Fsp3) is 0.167. The summed E-state index contributed by atoms with van der Waals surface area (Å²) in [5, 5.41) is 2.78. The molecule has 0 bridgehead atoms. The molecule has 1 spiro atoms. The summed E-state index contributed by atoms with van der Waals surface area (Å²) in [6.45, 7) is 0. The van der Waals surface area contributed by atoms with Crippen LogP contribution >= 0.6 is 11.6 Å². The molecule has 3 heteroatoms. The molecule has 5 rings (SSSR count). The van der Waals surface area contributed by atoms with Gasteiger partial charge in [0.2, 0.25) is 0 Å². The van der Waals surface area contributed by atoms with E-state index in [4.69, 9.17) is 16.3 Å². The van der Waals surface area contributed by atoms with Crippen molar-refractivity contribution >= 4 is 28.2 Å². The van der Waals surface area contributed by atoms with E-state index in [0.29, 0.717) is 0 Å². The van der Waals surface area contributed by atoms with Crippen LogP contribution in [-0.4, -0.2) is 11.4 Å². The normalized spacial score (nSPS) is 32.2. The third-order valence-corrected chi connectivity index (χ3v) is 5.11. The van der Waals surface area contributed by atoms with Crippen molar-refractivity contribution in [3.63, 3.8) is 0 Å². The van der Waals surface area contributed by atoms with Crippen molar-refractivity contribution in [2.45, 2.75) is 17.6 Å². The van der Waals surface area contributed by atoms with E-state index < -0.39 is 5.60 Å². The lowest BCUT2D eigenvalue weighted by Gasteiger charge is -2.50. The lowest BCUT2D eigenvalue weighted by Crippen LogP contribution is -2.50. The van der Waals surface area contributed by atoms with Crippen LogP contribution in [0.15, 0.2) is 59.7 Å². The average molecular weight is 295 g/mol. The van der Waals surface area contributed by atoms with Gasteiger partial charge < -0.3 is 4.74 Å². The predicted octanol–water partition coefficient (Wildman–Crippen LogP) is 4.01. The molecule has 1 saturated heterocycles. The first kappa shape index (κ1) is 11.7. The third kappa shape index (κ3) is 1.30. The van der Waals surface area contributed by atoms with E-state index in [9.17, 15) is 4.79 Å². The summed E-state index contributed by atoms with van der Waals surface area (Å²) in [6.07, 6.45) is 5.21. The summed E-state index contributed by atoms with van der Waals surface area (Å²) in [5.74, 6) is 0.0553. The topological polar surface area (TPSA) is 26.3 Å². The summed E-state index contributed by atoms with van der Waals surface area (Å²) in [5.41, 5.74) is 1.97. The second kappa shape index (κ2) is 3.65. The second-order valence-electron chi connectivity index (χ2n) is 5.85. The highest BCUT2D eigenvalue weighted by Gasteiger charge is 2.58. The standard InChI is InChI=1S/C18H11ClO2/c19-13-9-18(8-7-14(13)20)16-11-5-1-3-10-4-2-6-12(15(10)11)17(16)21-18/h1-9,16-17H/t16-,17+,18?/m1/s1. The molecule has 21 heavy (non-hydrogen) atoms. The molecule has 2 nitrogen and oxygen atoms in total. The Bertz CT molecular complexity index is 875. The molecule has 1 aliphatic heterocycles. The highest BCUT2D eigenvalue weighted by Crippen LogP contribution is 2.63. The van der Waals surface area contributed by atoms with E-state index in [1.807, 2.05) is 6.08 Å². The van der Waals surface area contributed by atoms with Crippen LogP contribution in [0.5, 0.6) is 0 Å². The highest BCUT2D eigenvalue weighted by molar-refractivity contribution is 6.44. The van der Waals surface area contributed by atoms with Crippen LogP contribution in [0.25, 0.3) is 10.8 Å². The number of hydrogen-bond donors (Lipinski definition) is 0. The van der Waals surface area contributed by atoms with Crippen molar-refractivity contribution in [3.05, 3.63) is 70.8 Å². The zero-order chi connectivity index (χ0) is 14.2. The minimum Gasteiger partial charge on any atom is -0.357 e. The van der Waals surface area contributed by atoms with Crippen molar-refractivity contribution in [2.24, 2.45) is 0 Å². The molecule has 1 heterocycles. The van der Waals surface area contributed by atoms with E-state index in [-0.39, 0.29) is 22.8 Å². The molecule has 0 N–H and O–H groups in total. The van der Waals surface area contributed by atoms with Crippen LogP contribution in [-0.2, 0) is 9.53 Å². The Morgan fingerprint density at radius 3 is 2.62 bits per heavy atom. The number of ether oxygens (including phenoxy) is 1. The van der Waals surface area contributed by atoms with Crippen molar-refractivity contribution in [2.75, 3.05) is 0 Å². The molecule has 3 atom stereocenters. The van der Waals surface area contributed by atoms with Crippen LogP contribution in [0.4, 0.5) is 0 Å². The predicted molar refractivity (Wildman–Crippen MR) is 81.3 cm³/mol. The number of rotatable bonds is 0. The molecule has 1 fully saturated rings. The lowest BCUT2D eigenvalue weighted by atomic mass is 9.73. The first-order chi connectivity index (χ1) is 10.2. The zero-order valence-electron chi connectivity index (χ0n) is 11.0. The van der Waals surface area contributed by atoms with Gasteiger partial charge in [0.05, 0.1) is 17.1 Å². The zero-order valence-corrected chi connectivity index (χ0v) is 11.8. The number of halogens is 1. The summed E-state index contributed by atoms with van der Waals surface area (Å²) in [7, 11) is 0. The Morgan fingerprint density at radius 2 is 1.86 bits per heavy atom. The van der Waals surface area contributed by atoms with Gasteiger partial charge in [-0.3, -0.25) is 4.79 Å². The molecule has 3 aliphatic rings. The van der Waals surface area contributed by atoms with Crippen LogP contribution in [0.2, 0.25) is 0 Å². The number of allylic oxidation sites excluding steroid dienone is 2. The fourth-order valence-corrected chi connectivity index (χ4v) is 4.17. The van der Waals surface area contributed by atoms with Gasteiger partial charge in [-0.1, -0.05) is 48.0 Å². The van der Waals surface area contributed by atoms with Crippen LogP contribution in [0, 0.1) is 0 Å². The van der Waals surface area contributed by atoms with E-state index in [2.05, 4.69) is 36.4 Å². The molecule has 0 radical (unpaired) electrons. The smallest absolute Gasteiger partial charge is 0.196 e. The maximum atomic E-state index is 11.6. The van der Waals surface area contributed by atoms with Crippen molar-refractivity contribution < 1.29 is 9.53 Å². The van der Waals surface area contributed by atoms with Gasteiger partial charge in [-0.05, 0) is 40.1 Å². The maximum absolute atomic E-state index is 11.6. The van der Waals surface area contributed by atoms with Gasteiger partial charge in [0.15, 0.2) is 5.78 Å². The Morgan fingerprint density at radius 1 is 1.10 bits per heavy atom. The third-order valence-electron chi connectivity index (χ3n) is 4.81. The Labute approximate surface area is 126 Å². The van der Waals surface area contributed by atoms with Gasteiger partial charge in [-0.15, -0.1) is 0 Å². The summed E-state index contributed by atoms with van der Waals surface area (Å²) in [4.78, 5) is 11.6. The molecule has 0 saturated carbocycles. The molecule has 1 unspecified atom stereocenters. The Hall–Kier alpha value is -1.90. The molecule has 102 valence electrons. The Kier molecular flexibility index (Phi) is 2.04. The lowest BCUT2D eigenvalue weighted by molar-refractivity contribution is -0.172. The van der Waals surface area contributed by atoms with E-state index in [1.54, 1.807) is 6.08 Å². The van der Waals surface area contributed by atoms with Crippen LogP contribution in [0.3, 0.4) is 0 Å². The average Bonchev–Trinajstić information content (AvgIpc) is 2.74. The molecule has 2 aromatic carbocycles. The van der Waals surface area contributed by atoms with Gasteiger partial charge >= 0.3 is 0 Å². The van der Waals surface area contributed by atoms with Crippen molar-refractivity contribution in [1.82, 2.24) is 0 Å². The minimum absolute atomic E-state index is 0.0599. The van der Waals surface area contributed by atoms with E-state index in [1.165, 1.54) is 28.0 Å². The quantitative estimate of drug-likeness (QED) is 0.734. The summed E-state index contributed by atoms with van der Waals surface area (Å²) in [6, 6.07) is 12.7. The highest BCUT2D eigenvalue weighted by atomic mass is 35.5. The van der Waals surface area contributed by atoms with Gasteiger partial charge in [-0.2, -0.15) is 0 Å². The number of ketones is 1. The van der Waals surface area contributed by atoms with Gasteiger partial charge in [0.25, 0.3) is 0 Å². The van der Waals surface area contributed by atoms with E-state index >= 15 is 0 Å². The number of carbonyl (C=O) groups excluding carboxylic acids is 1. The number of carbonyl (C=O) groups is 1. The van der Waals surface area contributed by atoms with Crippen LogP contribution in [0.1, 0.15) is 23.1 Å². The summed E-state index contributed by atoms with van der Waals surface area (Å²) >= 11 is 6.05. The number of hydrogen-bond acceptors (Lipinski definition) is 2. The first-order valence-corrected chi connectivity index (χ1v) is 7.39. The largest absolute Gasteiger partial charge is 0.357 e. The fourth-order valence-electron chi connectivity index (χ4n) is 3.94. The molecular weight excluding hydrogens is 284 g/mol. The van der Waals surface area contributed by atoms with Crippen molar-refractivity contribution in [1.29, 1.82) is 0 Å². The van der Waals surface area contributed by atoms with Gasteiger partial charge in [0, 0.05) is 0 Å². The molecule has 0 aromatic heterocycles. The number of benzene rings is 2. The van der Waals surface area contributed by atoms with Gasteiger partial charge in [0.1, 0.15) is 5.60 Å². The SMILES string of the molecule is O=C1C=CC2(C=C1Cl)O[C@H]1c3cccc4cccc(c34)[C@H]12. The van der Waals surface area contributed by atoms with Gasteiger partial charge in [-0.25, -0.2) is 0 Å². The number of fused-ring (bicyclic) bond motifs is 4. The van der Waals surface area contributed by atoms with E-state index in [0.717, 1.165) is 0 Å². The van der Waals surface area contributed by atoms with Crippen LogP contribution < -0.4 is 0 Å². The first-order valence-electron chi connectivity index (χ1n) is 7.01. The minimum atomic E-state index is -0.567. The molecule has 2 aliphatic carbocycles. The maximum Gasteiger partial charge on any atom is 0.196 e. The molecule has 0 amide bonds.